The Morgan fingerprint density at radius 2 is 2.44 bits per heavy atom. The van der Waals surface area contributed by atoms with Crippen LogP contribution in [0.5, 0.6) is 0 Å². The molecule has 0 saturated heterocycles. The Labute approximate surface area is 106 Å². The number of carbonyl (C=O) groups is 1. The molecule has 6 heteroatoms. The Bertz CT molecular complexity index is 364. The number of amidine groups is 1. The number of ether oxygens (including phenoxy) is 1. The minimum absolute atomic E-state index is 0.109. The van der Waals surface area contributed by atoms with E-state index in [1.807, 2.05) is 18.2 Å². The molecule has 100 valence electrons. The van der Waals surface area contributed by atoms with Crippen LogP contribution in [0.2, 0.25) is 0 Å². The first-order valence-electron chi connectivity index (χ1n) is 5.78. The van der Waals surface area contributed by atoms with Gasteiger partial charge in [-0.1, -0.05) is 12.2 Å². The lowest BCUT2D eigenvalue weighted by Gasteiger charge is -2.17. The summed E-state index contributed by atoms with van der Waals surface area (Å²) >= 11 is 0. The summed E-state index contributed by atoms with van der Waals surface area (Å²) in [4.78, 5) is 15.1. The Hall–Kier alpha value is -1.66. The zero-order chi connectivity index (χ0) is 13.4. The summed E-state index contributed by atoms with van der Waals surface area (Å²) in [5.74, 6) is 4.77. The highest BCUT2D eigenvalue weighted by Gasteiger charge is 2.14. The highest BCUT2D eigenvalue weighted by molar-refractivity contribution is 5.82. The van der Waals surface area contributed by atoms with Gasteiger partial charge in [-0.2, -0.15) is 5.90 Å². The molecule has 1 unspecified atom stereocenters. The van der Waals surface area contributed by atoms with E-state index in [2.05, 4.69) is 10.2 Å². The Morgan fingerprint density at radius 3 is 3.11 bits per heavy atom. The summed E-state index contributed by atoms with van der Waals surface area (Å²) in [5, 5.41) is 10.6. The molecule has 1 rings (SSSR count). The average molecular weight is 253 g/mol. The molecule has 0 radical (unpaired) electrons. The fourth-order valence-corrected chi connectivity index (χ4v) is 1.66. The van der Waals surface area contributed by atoms with Crippen molar-refractivity contribution in [3.63, 3.8) is 0 Å². The van der Waals surface area contributed by atoms with Gasteiger partial charge in [0.05, 0.1) is 6.10 Å². The van der Waals surface area contributed by atoms with Crippen molar-refractivity contribution in [2.75, 3.05) is 7.11 Å². The SMILES string of the molecule is COC(CCC(=O)ON)CC1=CC=CCC(=N)N1. The molecule has 0 fully saturated rings. The van der Waals surface area contributed by atoms with Crippen LogP contribution >= 0.6 is 0 Å². The van der Waals surface area contributed by atoms with E-state index in [1.54, 1.807) is 7.11 Å². The number of carbonyl (C=O) groups excluding carboxylic acids is 1. The Morgan fingerprint density at radius 1 is 1.67 bits per heavy atom. The van der Waals surface area contributed by atoms with Gasteiger partial charge in [0.15, 0.2) is 0 Å². The molecule has 4 N–H and O–H groups in total. The van der Waals surface area contributed by atoms with Gasteiger partial charge in [-0.25, -0.2) is 0 Å². The van der Waals surface area contributed by atoms with Crippen LogP contribution in [-0.2, 0) is 14.4 Å². The van der Waals surface area contributed by atoms with E-state index in [4.69, 9.17) is 16.0 Å². The second-order valence-electron chi connectivity index (χ2n) is 4.02. The van der Waals surface area contributed by atoms with Crippen molar-refractivity contribution in [3.05, 3.63) is 23.9 Å². The molecule has 18 heavy (non-hydrogen) atoms. The van der Waals surface area contributed by atoms with Crippen molar-refractivity contribution >= 4 is 11.8 Å². The summed E-state index contributed by atoms with van der Waals surface area (Å²) in [7, 11) is 1.59. The fourth-order valence-electron chi connectivity index (χ4n) is 1.66. The van der Waals surface area contributed by atoms with Crippen LogP contribution < -0.4 is 11.2 Å². The van der Waals surface area contributed by atoms with E-state index < -0.39 is 5.97 Å². The first-order chi connectivity index (χ1) is 8.65. The van der Waals surface area contributed by atoms with Crippen molar-refractivity contribution in [1.82, 2.24) is 5.32 Å². The van der Waals surface area contributed by atoms with E-state index in [0.29, 0.717) is 25.1 Å². The van der Waals surface area contributed by atoms with Crippen LogP contribution in [0.3, 0.4) is 0 Å². The highest BCUT2D eigenvalue weighted by Crippen LogP contribution is 2.13. The zero-order valence-corrected chi connectivity index (χ0v) is 10.4. The summed E-state index contributed by atoms with van der Waals surface area (Å²) in [5.41, 5.74) is 0.904. The van der Waals surface area contributed by atoms with Gasteiger partial charge in [0.1, 0.15) is 5.84 Å². The lowest BCUT2D eigenvalue weighted by Crippen LogP contribution is -2.25. The second kappa shape index (κ2) is 7.62. The molecule has 0 spiro atoms. The lowest BCUT2D eigenvalue weighted by atomic mass is 10.1. The molecule has 6 nitrogen and oxygen atoms in total. The minimum Gasteiger partial charge on any atom is -0.381 e. The normalized spacial score (nSPS) is 16.6. The van der Waals surface area contributed by atoms with Crippen LogP contribution in [0.4, 0.5) is 0 Å². The molecular formula is C12H19N3O3. The van der Waals surface area contributed by atoms with Crippen molar-refractivity contribution in [2.24, 2.45) is 5.90 Å². The second-order valence-corrected chi connectivity index (χ2v) is 4.02. The van der Waals surface area contributed by atoms with E-state index in [1.165, 1.54) is 0 Å². The third kappa shape index (κ3) is 5.11. The topological polar surface area (TPSA) is 97.4 Å². The predicted octanol–water partition coefficient (Wildman–Crippen LogP) is 0.999. The minimum atomic E-state index is -0.451. The first-order valence-corrected chi connectivity index (χ1v) is 5.78. The zero-order valence-electron chi connectivity index (χ0n) is 10.4. The third-order valence-corrected chi connectivity index (χ3v) is 2.65. The van der Waals surface area contributed by atoms with Crippen molar-refractivity contribution in [3.8, 4) is 0 Å². The predicted molar refractivity (Wildman–Crippen MR) is 67.6 cm³/mol. The summed E-state index contributed by atoms with van der Waals surface area (Å²) in [6.45, 7) is 0. The van der Waals surface area contributed by atoms with Gasteiger partial charge < -0.3 is 14.9 Å². The first kappa shape index (κ1) is 14.4. The van der Waals surface area contributed by atoms with Gasteiger partial charge in [-0.15, -0.1) is 0 Å². The van der Waals surface area contributed by atoms with Crippen LogP contribution in [0.25, 0.3) is 0 Å². The number of nitrogens with two attached hydrogens (primary N) is 1. The Kier molecular flexibility index (Phi) is 6.10. The molecule has 0 aliphatic carbocycles. The van der Waals surface area contributed by atoms with E-state index in [-0.39, 0.29) is 12.5 Å². The maximum absolute atomic E-state index is 11.0. The van der Waals surface area contributed by atoms with Crippen LogP contribution in [0.1, 0.15) is 25.7 Å². The van der Waals surface area contributed by atoms with Gasteiger partial charge in [-0.3, -0.25) is 10.2 Å². The quantitative estimate of drug-likeness (QED) is 0.613. The molecule has 1 atom stereocenters. The number of methoxy groups -OCH3 is 1. The van der Waals surface area contributed by atoms with Gasteiger partial charge >= 0.3 is 5.97 Å². The summed E-state index contributed by atoms with van der Waals surface area (Å²) in [6.07, 6.45) is 7.58. The molecule has 1 aliphatic rings. The largest absolute Gasteiger partial charge is 0.381 e. The molecule has 0 aromatic heterocycles. The number of nitrogens with one attached hydrogen (secondary N) is 2. The lowest BCUT2D eigenvalue weighted by molar-refractivity contribution is -0.144. The number of hydrogen-bond acceptors (Lipinski definition) is 5. The monoisotopic (exact) mass is 253 g/mol. The molecule has 0 saturated carbocycles. The fraction of sp³-hybridized carbons (Fsp3) is 0.500. The van der Waals surface area contributed by atoms with E-state index >= 15 is 0 Å². The van der Waals surface area contributed by atoms with Gasteiger partial charge in [-0.05, 0) is 12.5 Å². The number of hydrogen-bond donors (Lipinski definition) is 3. The van der Waals surface area contributed by atoms with Gasteiger partial charge in [0.2, 0.25) is 0 Å². The van der Waals surface area contributed by atoms with Crippen molar-refractivity contribution in [2.45, 2.75) is 31.8 Å². The smallest absolute Gasteiger partial charge is 0.324 e. The molecule has 1 aliphatic heterocycles. The molecule has 0 amide bonds. The number of allylic oxidation sites excluding steroid dienone is 2. The molecule has 0 aromatic rings. The van der Waals surface area contributed by atoms with Crippen molar-refractivity contribution in [1.29, 1.82) is 5.41 Å². The van der Waals surface area contributed by atoms with Crippen LogP contribution in [-0.4, -0.2) is 25.0 Å². The van der Waals surface area contributed by atoms with Crippen LogP contribution in [0, 0.1) is 5.41 Å². The summed E-state index contributed by atoms with van der Waals surface area (Å²) < 4.78 is 5.30. The molecule has 1 heterocycles. The Balaban J connectivity index is 2.46. The van der Waals surface area contributed by atoms with E-state index in [0.717, 1.165) is 5.70 Å². The summed E-state index contributed by atoms with van der Waals surface area (Å²) in [6, 6.07) is 0. The molecular weight excluding hydrogens is 234 g/mol. The third-order valence-electron chi connectivity index (χ3n) is 2.65. The number of rotatable bonds is 6. The van der Waals surface area contributed by atoms with Gasteiger partial charge in [0.25, 0.3) is 0 Å². The maximum atomic E-state index is 11.0. The average Bonchev–Trinajstić information content (AvgIpc) is 2.58. The maximum Gasteiger partial charge on any atom is 0.324 e. The molecule has 0 aromatic carbocycles. The highest BCUT2D eigenvalue weighted by atomic mass is 16.7. The van der Waals surface area contributed by atoms with E-state index in [9.17, 15) is 4.79 Å². The van der Waals surface area contributed by atoms with Crippen molar-refractivity contribution < 1.29 is 14.4 Å². The standard InChI is InChI=1S/C12H19N3O3/c1-17-10(6-7-12(16)18-14)8-9-4-2-3-5-11(13)15-9/h2-4,10H,5-8,14H2,1H3,(H2,13,15). The van der Waals surface area contributed by atoms with Gasteiger partial charge in [0, 0.05) is 32.1 Å². The van der Waals surface area contributed by atoms with Crippen LogP contribution in [0.15, 0.2) is 23.9 Å². The molecule has 0 bridgehead atoms.